The average Bonchev–Trinajstić information content (AvgIpc) is 3.32. The van der Waals surface area contributed by atoms with Crippen molar-refractivity contribution < 1.29 is 9.59 Å². The van der Waals surface area contributed by atoms with Crippen molar-refractivity contribution >= 4 is 45.3 Å². The molecule has 1 aromatic carbocycles. The summed E-state index contributed by atoms with van der Waals surface area (Å²) in [5, 5.41) is 5.73. The Morgan fingerprint density at radius 2 is 2.03 bits per heavy atom. The van der Waals surface area contributed by atoms with Crippen molar-refractivity contribution in [1.29, 1.82) is 0 Å². The van der Waals surface area contributed by atoms with Gasteiger partial charge in [-0.15, -0.1) is 11.3 Å². The third-order valence-corrected chi connectivity index (χ3v) is 8.34. The minimum absolute atomic E-state index is 0.0899. The predicted molar refractivity (Wildman–Crippen MR) is 132 cm³/mol. The second-order valence-electron chi connectivity index (χ2n) is 8.86. The number of nitrogens with one attached hydrogen (secondary N) is 2. The zero-order valence-electron chi connectivity index (χ0n) is 18.9. The Kier molecular flexibility index (Phi) is 5.78. The van der Waals surface area contributed by atoms with Gasteiger partial charge in [0.1, 0.15) is 4.83 Å². The van der Waals surface area contributed by atoms with E-state index in [1.165, 1.54) is 16.6 Å². The Hall–Kier alpha value is -2.65. The fourth-order valence-corrected chi connectivity index (χ4v) is 6.47. The summed E-state index contributed by atoms with van der Waals surface area (Å²) in [6.07, 6.45) is 4.85. The Labute approximate surface area is 200 Å². The first kappa shape index (κ1) is 22.2. The molecule has 7 nitrogen and oxygen atoms in total. The number of amides is 3. The molecule has 172 valence electrons. The largest absolute Gasteiger partial charge is 0.335 e. The molecular weight excluding hydrogens is 456 g/mol. The number of fused-ring (bicyclic) bond motifs is 3. The maximum absolute atomic E-state index is 13.8. The molecule has 1 fully saturated rings. The van der Waals surface area contributed by atoms with E-state index < -0.39 is 17.2 Å². The van der Waals surface area contributed by atoms with Gasteiger partial charge in [-0.3, -0.25) is 19.5 Å². The standard InChI is InChI=1S/C24H26N4O3S2/c1-12-7-10-17(13(2)11-12)28-22(30)19-16-5-4-6-18(16)33-21(19)27-24(28)32-14(3)20(29)26-23(31)25-15-8-9-15/h7,10-11,14-15H,4-6,8-9H2,1-3H3,(H2,25,26,29,31). The quantitative estimate of drug-likeness (QED) is 0.423. The number of urea groups is 1. The van der Waals surface area contributed by atoms with Gasteiger partial charge < -0.3 is 5.32 Å². The van der Waals surface area contributed by atoms with Crippen molar-refractivity contribution in [2.45, 2.75) is 69.3 Å². The van der Waals surface area contributed by atoms with Crippen LogP contribution in [0.1, 0.15) is 47.8 Å². The number of imide groups is 1. The number of aromatic nitrogens is 2. The summed E-state index contributed by atoms with van der Waals surface area (Å²) in [4.78, 5) is 45.3. The minimum Gasteiger partial charge on any atom is -0.335 e. The number of hydrogen-bond acceptors (Lipinski definition) is 6. The molecule has 2 heterocycles. The lowest BCUT2D eigenvalue weighted by Crippen LogP contribution is -2.43. The van der Waals surface area contributed by atoms with E-state index in [0.717, 1.165) is 59.3 Å². The van der Waals surface area contributed by atoms with Crippen LogP contribution in [-0.4, -0.2) is 32.8 Å². The molecular formula is C24H26N4O3S2. The molecule has 0 bridgehead atoms. The van der Waals surface area contributed by atoms with Gasteiger partial charge >= 0.3 is 6.03 Å². The zero-order chi connectivity index (χ0) is 23.3. The monoisotopic (exact) mass is 482 g/mol. The molecule has 0 aliphatic heterocycles. The average molecular weight is 483 g/mol. The summed E-state index contributed by atoms with van der Waals surface area (Å²) in [5.74, 6) is -0.409. The van der Waals surface area contributed by atoms with E-state index in [0.29, 0.717) is 10.5 Å². The molecule has 0 radical (unpaired) electrons. The Bertz CT molecular complexity index is 1340. The number of hydrogen-bond donors (Lipinski definition) is 2. The Balaban J connectivity index is 1.54. The molecule has 1 saturated carbocycles. The molecule has 2 aromatic heterocycles. The number of nitrogens with zero attached hydrogens (tertiary/aromatic N) is 2. The summed E-state index contributed by atoms with van der Waals surface area (Å²) >= 11 is 2.78. The predicted octanol–water partition coefficient (Wildman–Crippen LogP) is 4.02. The third-order valence-electron chi connectivity index (χ3n) is 6.10. The van der Waals surface area contributed by atoms with Crippen molar-refractivity contribution in [2.24, 2.45) is 0 Å². The lowest BCUT2D eigenvalue weighted by Gasteiger charge is -2.17. The molecule has 0 saturated heterocycles. The number of thioether (sulfide) groups is 1. The van der Waals surface area contributed by atoms with Gasteiger partial charge in [0.05, 0.1) is 16.3 Å². The van der Waals surface area contributed by atoms with Crippen LogP contribution in [0.25, 0.3) is 15.9 Å². The van der Waals surface area contributed by atoms with Gasteiger partial charge in [0, 0.05) is 10.9 Å². The first-order chi connectivity index (χ1) is 15.8. The van der Waals surface area contributed by atoms with Crippen molar-refractivity contribution in [3.8, 4) is 5.69 Å². The van der Waals surface area contributed by atoms with E-state index in [9.17, 15) is 14.4 Å². The van der Waals surface area contributed by atoms with Crippen molar-refractivity contribution in [1.82, 2.24) is 20.2 Å². The molecule has 2 N–H and O–H groups in total. The lowest BCUT2D eigenvalue weighted by molar-refractivity contribution is -0.119. The Morgan fingerprint density at radius 1 is 1.24 bits per heavy atom. The smallest absolute Gasteiger partial charge is 0.321 e. The van der Waals surface area contributed by atoms with Crippen molar-refractivity contribution in [3.63, 3.8) is 0 Å². The van der Waals surface area contributed by atoms with Gasteiger partial charge in [-0.05, 0) is 70.1 Å². The van der Waals surface area contributed by atoms with Crippen LogP contribution in [0.15, 0.2) is 28.2 Å². The van der Waals surface area contributed by atoms with Gasteiger partial charge in [-0.2, -0.15) is 0 Å². The highest BCUT2D eigenvalue weighted by atomic mass is 32.2. The van der Waals surface area contributed by atoms with Gasteiger partial charge in [0.2, 0.25) is 5.91 Å². The van der Waals surface area contributed by atoms with Crippen LogP contribution in [0.2, 0.25) is 0 Å². The van der Waals surface area contributed by atoms with E-state index in [2.05, 4.69) is 10.6 Å². The second-order valence-corrected chi connectivity index (χ2v) is 11.3. The molecule has 0 spiro atoms. The van der Waals surface area contributed by atoms with Gasteiger partial charge in [-0.25, -0.2) is 9.78 Å². The van der Waals surface area contributed by atoms with Crippen LogP contribution >= 0.6 is 23.1 Å². The van der Waals surface area contributed by atoms with Crippen molar-refractivity contribution in [3.05, 3.63) is 50.1 Å². The number of aryl methyl sites for hydroxylation is 4. The van der Waals surface area contributed by atoms with E-state index in [1.54, 1.807) is 22.8 Å². The molecule has 1 atom stereocenters. The van der Waals surface area contributed by atoms with Crippen LogP contribution in [0.4, 0.5) is 4.79 Å². The maximum atomic E-state index is 13.8. The Morgan fingerprint density at radius 3 is 2.76 bits per heavy atom. The summed E-state index contributed by atoms with van der Waals surface area (Å²) in [5.41, 5.74) is 3.88. The molecule has 9 heteroatoms. The summed E-state index contributed by atoms with van der Waals surface area (Å²) in [7, 11) is 0. The molecule has 3 aromatic rings. The van der Waals surface area contributed by atoms with E-state index in [4.69, 9.17) is 4.98 Å². The first-order valence-corrected chi connectivity index (χ1v) is 12.9. The van der Waals surface area contributed by atoms with Gasteiger partial charge in [-0.1, -0.05) is 29.5 Å². The van der Waals surface area contributed by atoms with Crippen LogP contribution in [-0.2, 0) is 17.6 Å². The van der Waals surface area contributed by atoms with Crippen LogP contribution in [0.5, 0.6) is 0 Å². The van der Waals surface area contributed by atoms with E-state index in [-0.39, 0.29) is 11.6 Å². The van der Waals surface area contributed by atoms with Crippen LogP contribution < -0.4 is 16.2 Å². The minimum atomic E-state index is -0.608. The first-order valence-electron chi connectivity index (χ1n) is 11.2. The maximum Gasteiger partial charge on any atom is 0.321 e. The highest BCUT2D eigenvalue weighted by Crippen LogP contribution is 2.37. The molecule has 3 amide bonds. The van der Waals surface area contributed by atoms with E-state index in [1.807, 2.05) is 32.0 Å². The molecule has 5 rings (SSSR count). The number of benzene rings is 1. The number of carbonyl (C=O) groups excluding carboxylic acids is 2. The summed E-state index contributed by atoms with van der Waals surface area (Å²) in [6.45, 7) is 5.72. The molecule has 1 unspecified atom stereocenters. The summed E-state index contributed by atoms with van der Waals surface area (Å²) < 4.78 is 1.64. The normalized spacial score (nSPS) is 16.0. The second kappa shape index (κ2) is 8.61. The number of thiophene rings is 1. The van der Waals surface area contributed by atoms with Gasteiger partial charge in [0.15, 0.2) is 5.16 Å². The van der Waals surface area contributed by atoms with Gasteiger partial charge in [0.25, 0.3) is 5.56 Å². The fraction of sp³-hybridized carbons (Fsp3) is 0.417. The van der Waals surface area contributed by atoms with E-state index >= 15 is 0 Å². The lowest BCUT2D eigenvalue weighted by atomic mass is 10.1. The topological polar surface area (TPSA) is 93.1 Å². The molecule has 33 heavy (non-hydrogen) atoms. The number of carbonyl (C=O) groups is 2. The van der Waals surface area contributed by atoms with Crippen molar-refractivity contribution in [2.75, 3.05) is 0 Å². The molecule has 2 aliphatic carbocycles. The third kappa shape index (κ3) is 4.31. The number of rotatable bonds is 5. The van der Waals surface area contributed by atoms with Crippen LogP contribution in [0, 0.1) is 13.8 Å². The fourth-order valence-electron chi connectivity index (χ4n) is 4.25. The molecule has 2 aliphatic rings. The highest BCUT2D eigenvalue weighted by Gasteiger charge is 2.28. The summed E-state index contributed by atoms with van der Waals surface area (Å²) in [6, 6.07) is 5.64. The SMILES string of the molecule is Cc1ccc(-n2c(SC(C)C(=O)NC(=O)NC3CC3)nc3sc4c(c3c2=O)CCC4)c(C)c1. The van der Waals surface area contributed by atoms with Crippen LogP contribution in [0.3, 0.4) is 0 Å². The highest BCUT2D eigenvalue weighted by molar-refractivity contribution is 8.00. The zero-order valence-corrected chi connectivity index (χ0v) is 20.5.